The number of aliphatic hydroxyl groups is 1. The van der Waals surface area contributed by atoms with Crippen LogP contribution >= 0.6 is 11.6 Å². The van der Waals surface area contributed by atoms with E-state index in [1.807, 2.05) is 0 Å². The number of nitrogens with zero attached hydrogens (tertiary/aromatic N) is 3. The molecule has 0 radical (unpaired) electrons. The molecule has 0 aromatic carbocycles. The van der Waals surface area contributed by atoms with Crippen LogP contribution in [0.15, 0.2) is 6.20 Å². The topological polar surface area (TPSA) is 61.3 Å². The molecule has 0 saturated carbocycles. The average molecular weight is 271 g/mol. The van der Waals surface area contributed by atoms with E-state index in [-0.39, 0.29) is 6.61 Å². The first-order valence-electron chi connectivity index (χ1n) is 6.36. The zero-order valence-corrected chi connectivity index (χ0v) is 11.3. The molecule has 100 valence electrons. The standard InChI is InChI=1S/C12H19ClN4O/c1-2-4-14-12-15-6-10(13)11(16-12)17-5-3-9(7-17)8-18/h6,9,18H,2-5,7-8H2,1H3,(H,14,15,16). The smallest absolute Gasteiger partial charge is 0.224 e. The first-order valence-corrected chi connectivity index (χ1v) is 6.74. The van der Waals surface area contributed by atoms with E-state index in [2.05, 4.69) is 27.1 Å². The predicted octanol–water partition coefficient (Wildman–Crippen LogP) is 1.77. The highest BCUT2D eigenvalue weighted by Crippen LogP contribution is 2.28. The summed E-state index contributed by atoms with van der Waals surface area (Å²) in [5.74, 6) is 1.70. The van der Waals surface area contributed by atoms with E-state index >= 15 is 0 Å². The number of anilines is 2. The van der Waals surface area contributed by atoms with Crippen molar-refractivity contribution in [2.24, 2.45) is 5.92 Å². The molecule has 0 aliphatic carbocycles. The Balaban J connectivity index is 2.11. The Bertz CT molecular complexity index is 402. The van der Waals surface area contributed by atoms with Crippen LogP contribution in [0.4, 0.5) is 11.8 Å². The van der Waals surface area contributed by atoms with Gasteiger partial charge in [-0.3, -0.25) is 0 Å². The van der Waals surface area contributed by atoms with Crippen LogP contribution in [0.5, 0.6) is 0 Å². The van der Waals surface area contributed by atoms with Crippen LogP contribution in [-0.2, 0) is 0 Å². The third kappa shape index (κ3) is 3.03. The van der Waals surface area contributed by atoms with Gasteiger partial charge in [-0.2, -0.15) is 4.98 Å². The molecule has 1 unspecified atom stereocenters. The molecule has 1 saturated heterocycles. The summed E-state index contributed by atoms with van der Waals surface area (Å²) >= 11 is 6.14. The largest absolute Gasteiger partial charge is 0.396 e. The van der Waals surface area contributed by atoms with Crippen molar-refractivity contribution >= 4 is 23.4 Å². The number of hydrogen-bond donors (Lipinski definition) is 2. The summed E-state index contributed by atoms with van der Waals surface area (Å²) in [6, 6.07) is 0. The van der Waals surface area contributed by atoms with Crippen LogP contribution in [0.3, 0.4) is 0 Å². The van der Waals surface area contributed by atoms with Gasteiger partial charge in [-0.05, 0) is 12.8 Å². The molecule has 2 rings (SSSR count). The van der Waals surface area contributed by atoms with Gasteiger partial charge in [0.15, 0.2) is 5.82 Å². The molecule has 2 N–H and O–H groups in total. The second kappa shape index (κ2) is 6.20. The van der Waals surface area contributed by atoms with Crippen molar-refractivity contribution in [3.63, 3.8) is 0 Å². The van der Waals surface area contributed by atoms with Gasteiger partial charge in [-0.25, -0.2) is 4.98 Å². The predicted molar refractivity (Wildman–Crippen MR) is 73.2 cm³/mol. The summed E-state index contributed by atoms with van der Waals surface area (Å²) < 4.78 is 0. The molecule has 0 spiro atoms. The SMILES string of the molecule is CCCNc1ncc(Cl)c(N2CCC(CO)C2)n1. The maximum atomic E-state index is 9.17. The van der Waals surface area contributed by atoms with Gasteiger partial charge in [0.1, 0.15) is 5.02 Å². The van der Waals surface area contributed by atoms with Crippen LogP contribution in [0, 0.1) is 5.92 Å². The van der Waals surface area contributed by atoms with E-state index in [1.165, 1.54) is 0 Å². The van der Waals surface area contributed by atoms with Crippen LogP contribution in [-0.4, -0.2) is 41.3 Å². The van der Waals surface area contributed by atoms with Crippen molar-refractivity contribution in [2.75, 3.05) is 36.5 Å². The fourth-order valence-electron chi connectivity index (χ4n) is 2.08. The highest BCUT2D eigenvalue weighted by atomic mass is 35.5. The molecule has 1 aliphatic rings. The Morgan fingerprint density at radius 3 is 3.11 bits per heavy atom. The molecular formula is C12H19ClN4O. The summed E-state index contributed by atoms with van der Waals surface area (Å²) in [6.45, 7) is 4.85. The molecule has 2 heterocycles. The number of rotatable bonds is 5. The van der Waals surface area contributed by atoms with Gasteiger partial charge in [0.05, 0.1) is 6.20 Å². The number of hydrogen-bond acceptors (Lipinski definition) is 5. The Hall–Kier alpha value is -1.07. The molecule has 1 atom stereocenters. The number of aromatic nitrogens is 2. The monoisotopic (exact) mass is 270 g/mol. The Kier molecular flexibility index (Phi) is 4.60. The number of aliphatic hydroxyl groups excluding tert-OH is 1. The second-order valence-electron chi connectivity index (χ2n) is 4.58. The molecule has 0 amide bonds. The number of halogens is 1. The maximum Gasteiger partial charge on any atom is 0.224 e. The normalized spacial score (nSPS) is 19.3. The summed E-state index contributed by atoms with van der Waals surface area (Å²) in [7, 11) is 0. The quantitative estimate of drug-likeness (QED) is 0.854. The van der Waals surface area contributed by atoms with Gasteiger partial charge in [0.2, 0.25) is 5.95 Å². The van der Waals surface area contributed by atoms with E-state index in [9.17, 15) is 0 Å². The van der Waals surface area contributed by atoms with Crippen molar-refractivity contribution in [1.29, 1.82) is 0 Å². The van der Waals surface area contributed by atoms with E-state index in [0.717, 1.165) is 38.3 Å². The molecule has 6 heteroatoms. The minimum atomic E-state index is 0.222. The van der Waals surface area contributed by atoms with Gasteiger partial charge >= 0.3 is 0 Å². The summed E-state index contributed by atoms with van der Waals surface area (Å²) in [5, 5.41) is 12.9. The summed E-state index contributed by atoms with van der Waals surface area (Å²) in [6.07, 6.45) is 3.64. The van der Waals surface area contributed by atoms with Gasteiger partial charge in [0.25, 0.3) is 0 Å². The van der Waals surface area contributed by atoms with Crippen molar-refractivity contribution in [3.05, 3.63) is 11.2 Å². The molecule has 1 aliphatic heterocycles. The maximum absolute atomic E-state index is 9.17. The zero-order valence-electron chi connectivity index (χ0n) is 10.6. The lowest BCUT2D eigenvalue weighted by Crippen LogP contribution is -2.22. The highest BCUT2D eigenvalue weighted by Gasteiger charge is 2.24. The molecule has 0 bridgehead atoms. The molecule has 1 aromatic rings. The van der Waals surface area contributed by atoms with Gasteiger partial charge in [0, 0.05) is 32.2 Å². The third-order valence-corrected chi connectivity index (χ3v) is 3.37. The second-order valence-corrected chi connectivity index (χ2v) is 4.98. The molecular weight excluding hydrogens is 252 g/mol. The first-order chi connectivity index (χ1) is 8.74. The Morgan fingerprint density at radius 1 is 1.61 bits per heavy atom. The van der Waals surface area contributed by atoms with Gasteiger partial charge in [-0.15, -0.1) is 0 Å². The molecule has 18 heavy (non-hydrogen) atoms. The van der Waals surface area contributed by atoms with E-state index in [4.69, 9.17) is 16.7 Å². The zero-order chi connectivity index (χ0) is 13.0. The lowest BCUT2D eigenvalue weighted by atomic mass is 10.1. The Labute approximate surface area is 112 Å². The van der Waals surface area contributed by atoms with E-state index < -0.39 is 0 Å². The fourth-order valence-corrected chi connectivity index (χ4v) is 2.29. The fraction of sp³-hybridized carbons (Fsp3) is 0.667. The first kappa shape index (κ1) is 13.4. The van der Waals surface area contributed by atoms with Gasteiger partial charge in [-0.1, -0.05) is 18.5 Å². The van der Waals surface area contributed by atoms with Crippen molar-refractivity contribution in [2.45, 2.75) is 19.8 Å². The lowest BCUT2D eigenvalue weighted by molar-refractivity contribution is 0.238. The van der Waals surface area contributed by atoms with Crippen LogP contribution in [0.2, 0.25) is 5.02 Å². The average Bonchev–Trinajstić information content (AvgIpc) is 2.86. The third-order valence-electron chi connectivity index (χ3n) is 3.10. The van der Waals surface area contributed by atoms with Crippen LogP contribution in [0.1, 0.15) is 19.8 Å². The van der Waals surface area contributed by atoms with Gasteiger partial charge < -0.3 is 15.3 Å². The lowest BCUT2D eigenvalue weighted by Gasteiger charge is -2.19. The summed E-state index contributed by atoms with van der Waals surface area (Å²) in [5.41, 5.74) is 0. The van der Waals surface area contributed by atoms with Crippen LogP contribution in [0.25, 0.3) is 0 Å². The Morgan fingerprint density at radius 2 is 2.44 bits per heavy atom. The van der Waals surface area contributed by atoms with Crippen LogP contribution < -0.4 is 10.2 Å². The highest BCUT2D eigenvalue weighted by molar-refractivity contribution is 6.32. The summed E-state index contributed by atoms with van der Waals surface area (Å²) in [4.78, 5) is 10.7. The molecule has 1 aromatic heterocycles. The molecule has 1 fully saturated rings. The van der Waals surface area contributed by atoms with Crippen molar-refractivity contribution in [1.82, 2.24) is 9.97 Å². The van der Waals surface area contributed by atoms with Crippen molar-refractivity contribution in [3.8, 4) is 0 Å². The number of nitrogens with one attached hydrogen (secondary N) is 1. The van der Waals surface area contributed by atoms with Crippen molar-refractivity contribution < 1.29 is 5.11 Å². The minimum absolute atomic E-state index is 0.222. The minimum Gasteiger partial charge on any atom is -0.396 e. The van der Waals surface area contributed by atoms with E-state index in [1.54, 1.807) is 6.20 Å². The van der Waals surface area contributed by atoms with E-state index in [0.29, 0.717) is 16.9 Å². The molecule has 5 nitrogen and oxygen atoms in total.